The molecule has 0 saturated carbocycles. The maximum Gasteiger partial charge on any atom is 0.119 e. The molecule has 3 rings (SSSR count). The number of pyridine rings is 1. The largest absolute Gasteiger partial charge is 0.491 e. The molecule has 2 unspecified atom stereocenters. The highest BCUT2D eigenvalue weighted by Crippen LogP contribution is 2.17. The lowest BCUT2D eigenvalue weighted by atomic mass is 10.1. The number of aliphatic hydroxyl groups is 1. The molecular weight excluding hydrogens is 304 g/mol. The molecule has 2 atom stereocenters. The van der Waals surface area contributed by atoms with Crippen LogP contribution in [0.3, 0.4) is 0 Å². The third-order valence-electron chi connectivity index (χ3n) is 4.14. The average Bonchev–Trinajstić information content (AvgIpc) is 3.15. The van der Waals surface area contributed by atoms with Crippen LogP contribution in [0.15, 0.2) is 48.8 Å². The summed E-state index contributed by atoms with van der Waals surface area (Å²) in [5.74, 6) is 0.867. The predicted octanol–water partition coefficient (Wildman–Crippen LogP) is 2.46. The molecule has 0 spiro atoms. The maximum atomic E-state index is 10.1. The van der Waals surface area contributed by atoms with Crippen molar-refractivity contribution in [3.8, 4) is 5.75 Å². The Morgan fingerprint density at radius 1 is 1.21 bits per heavy atom. The molecule has 0 bridgehead atoms. The smallest absolute Gasteiger partial charge is 0.119 e. The van der Waals surface area contributed by atoms with E-state index in [0.29, 0.717) is 19.7 Å². The summed E-state index contributed by atoms with van der Waals surface area (Å²) >= 11 is 0. The lowest BCUT2D eigenvalue weighted by Gasteiger charge is -2.13. The molecule has 1 aliphatic rings. The van der Waals surface area contributed by atoms with E-state index in [2.05, 4.69) is 10.3 Å². The molecule has 0 radical (unpaired) electrons. The van der Waals surface area contributed by atoms with Crippen molar-refractivity contribution in [1.29, 1.82) is 0 Å². The molecule has 5 heteroatoms. The Balaban J connectivity index is 1.39. The van der Waals surface area contributed by atoms with E-state index in [9.17, 15) is 5.11 Å². The van der Waals surface area contributed by atoms with E-state index in [1.807, 2.05) is 36.4 Å². The topological polar surface area (TPSA) is 63.6 Å². The highest BCUT2D eigenvalue weighted by molar-refractivity contribution is 5.27. The zero-order valence-electron chi connectivity index (χ0n) is 13.7. The van der Waals surface area contributed by atoms with Gasteiger partial charge in [-0.2, -0.15) is 0 Å². The first kappa shape index (κ1) is 16.9. The number of rotatable bonds is 8. The molecule has 1 fully saturated rings. The van der Waals surface area contributed by atoms with Gasteiger partial charge in [0.15, 0.2) is 0 Å². The van der Waals surface area contributed by atoms with Crippen LogP contribution < -0.4 is 10.1 Å². The normalized spacial score (nSPS) is 18.5. The van der Waals surface area contributed by atoms with Crippen LogP contribution in [-0.2, 0) is 11.3 Å². The summed E-state index contributed by atoms with van der Waals surface area (Å²) < 4.78 is 11.3. The number of aromatic nitrogens is 1. The van der Waals surface area contributed by atoms with Crippen molar-refractivity contribution < 1.29 is 14.6 Å². The van der Waals surface area contributed by atoms with Crippen molar-refractivity contribution in [3.05, 3.63) is 59.9 Å². The quantitative estimate of drug-likeness (QED) is 0.779. The van der Waals surface area contributed by atoms with Crippen molar-refractivity contribution in [1.82, 2.24) is 10.3 Å². The van der Waals surface area contributed by atoms with Crippen molar-refractivity contribution in [3.63, 3.8) is 0 Å². The summed E-state index contributed by atoms with van der Waals surface area (Å²) in [6.07, 6.45) is 5.30. The molecule has 1 aromatic heterocycles. The Labute approximate surface area is 142 Å². The Hall–Kier alpha value is -1.95. The van der Waals surface area contributed by atoms with Gasteiger partial charge in [-0.3, -0.25) is 4.98 Å². The molecule has 128 valence electrons. The van der Waals surface area contributed by atoms with E-state index >= 15 is 0 Å². The first-order chi connectivity index (χ1) is 11.8. The first-order valence-corrected chi connectivity index (χ1v) is 8.43. The third-order valence-corrected chi connectivity index (χ3v) is 4.14. The van der Waals surface area contributed by atoms with Gasteiger partial charge in [0.1, 0.15) is 12.4 Å². The Kier molecular flexibility index (Phi) is 6.18. The zero-order chi connectivity index (χ0) is 16.6. The number of nitrogens with one attached hydrogen (secondary N) is 1. The molecule has 0 amide bonds. The van der Waals surface area contributed by atoms with Gasteiger partial charge in [0.25, 0.3) is 0 Å². The zero-order valence-corrected chi connectivity index (χ0v) is 13.7. The second-order valence-corrected chi connectivity index (χ2v) is 6.02. The van der Waals surface area contributed by atoms with Crippen LogP contribution in [0.2, 0.25) is 0 Å². The molecule has 2 N–H and O–H groups in total. The van der Waals surface area contributed by atoms with Crippen LogP contribution in [0, 0.1) is 0 Å². The maximum absolute atomic E-state index is 10.1. The summed E-state index contributed by atoms with van der Waals surface area (Å²) in [7, 11) is 0. The van der Waals surface area contributed by atoms with Crippen molar-refractivity contribution >= 4 is 0 Å². The summed E-state index contributed by atoms with van der Waals surface area (Å²) in [6, 6.07) is 11.7. The number of ether oxygens (including phenoxy) is 2. The van der Waals surface area contributed by atoms with Crippen molar-refractivity contribution in [2.24, 2.45) is 0 Å². The summed E-state index contributed by atoms with van der Waals surface area (Å²) in [5.41, 5.74) is 2.02. The molecular formula is C19H24N2O3. The summed E-state index contributed by atoms with van der Waals surface area (Å²) in [4.78, 5) is 3.95. The fourth-order valence-corrected chi connectivity index (χ4v) is 2.73. The lowest BCUT2D eigenvalue weighted by molar-refractivity contribution is 0.0679. The first-order valence-electron chi connectivity index (χ1n) is 8.43. The molecule has 2 aromatic rings. The van der Waals surface area contributed by atoms with Crippen LogP contribution >= 0.6 is 0 Å². The Bertz CT molecular complexity index is 598. The van der Waals surface area contributed by atoms with E-state index in [1.54, 1.807) is 12.4 Å². The Morgan fingerprint density at radius 2 is 2.00 bits per heavy atom. The molecule has 2 heterocycles. The number of nitrogens with zero attached hydrogens (tertiary/aromatic N) is 1. The highest BCUT2D eigenvalue weighted by atomic mass is 16.5. The molecule has 1 aromatic carbocycles. The standard InChI is InChI=1S/C19H24N2O3/c22-19(16-7-9-20-10-8-16)13-21-12-15-3-5-17(6-4-15)24-14-18-2-1-11-23-18/h3-10,18-19,21-22H,1-2,11-14H2. The van der Waals surface area contributed by atoms with Gasteiger partial charge in [0.2, 0.25) is 0 Å². The molecule has 5 nitrogen and oxygen atoms in total. The number of hydrogen-bond acceptors (Lipinski definition) is 5. The SMILES string of the molecule is OC(CNCc1ccc(OCC2CCCO2)cc1)c1ccncc1. The van der Waals surface area contributed by atoms with Gasteiger partial charge < -0.3 is 19.9 Å². The molecule has 1 saturated heterocycles. The van der Waals surface area contributed by atoms with E-state index < -0.39 is 6.10 Å². The minimum atomic E-state index is -0.526. The minimum absolute atomic E-state index is 0.237. The fraction of sp³-hybridized carbons (Fsp3) is 0.421. The number of benzene rings is 1. The van der Waals surface area contributed by atoms with Gasteiger partial charge in [-0.15, -0.1) is 0 Å². The van der Waals surface area contributed by atoms with Crippen molar-refractivity contribution in [2.75, 3.05) is 19.8 Å². The second kappa shape index (κ2) is 8.78. The van der Waals surface area contributed by atoms with Gasteiger partial charge in [-0.25, -0.2) is 0 Å². The lowest BCUT2D eigenvalue weighted by Crippen LogP contribution is -2.21. The molecule has 0 aliphatic carbocycles. The van der Waals surface area contributed by atoms with Crippen LogP contribution in [0.4, 0.5) is 0 Å². The summed E-state index contributed by atoms with van der Waals surface area (Å²) in [5, 5.41) is 13.4. The summed E-state index contributed by atoms with van der Waals surface area (Å²) in [6.45, 7) is 2.68. The van der Waals surface area contributed by atoms with Crippen LogP contribution in [0.25, 0.3) is 0 Å². The van der Waals surface area contributed by atoms with E-state index in [-0.39, 0.29) is 6.10 Å². The average molecular weight is 328 g/mol. The Morgan fingerprint density at radius 3 is 2.71 bits per heavy atom. The predicted molar refractivity (Wildman–Crippen MR) is 91.8 cm³/mol. The van der Waals surface area contributed by atoms with Crippen LogP contribution in [0.1, 0.15) is 30.1 Å². The third kappa shape index (κ3) is 5.03. The van der Waals surface area contributed by atoms with Crippen LogP contribution in [-0.4, -0.2) is 36.0 Å². The van der Waals surface area contributed by atoms with Gasteiger partial charge in [0.05, 0.1) is 12.2 Å². The number of aliphatic hydroxyl groups excluding tert-OH is 1. The van der Waals surface area contributed by atoms with Gasteiger partial charge in [-0.1, -0.05) is 12.1 Å². The van der Waals surface area contributed by atoms with Crippen LogP contribution in [0.5, 0.6) is 5.75 Å². The van der Waals surface area contributed by atoms with Gasteiger partial charge in [0, 0.05) is 32.1 Å². The minimum Gasteiger partial charge on any atom is -0.491 e. The van der Waals surface area contributed by atoms with E-state index in [1.165, 1.54) is 0 Å². The number of hydrogen-bond donors (Lipinski definition) is 2. The van der Waals surface area contributed by atoms with E-state index in [0.717, 1.165) is 36.3 Å². The second-order valence-electron chi connectivity index (χ2n) is 6.02. The van der Waals surface area contributed by atoms with Crippen molar-refractivity contribution in [2.45, 2.75) is 31.6 Å². The van der Waals surface area contributed by atoms with Gasteiger partial charge >= 0.3 is 0 Å². The van der Waals surface area contributed by atoms with E-state index in [4.69, 9.17) is 9.47 Å². The molecule has 1 aliphatic heterocycles. The van der Waals surface area contributed by atoms with Gasteiger partial charge in [-0.05, 0) is 48.2 Å². The monoisotopic (exact) mass is 328 g/mol. The fourth-order valence-electron chi connectivity index (χ4n) is 2.73. The molecule has 24 heavy (non-hydrogen) atoms. The highest BCUT2D eigenvalue weighted by Gasteiger charge is 2.15.